The van der Waals surface area contributed by atoms with E-state index < -0.39 is 4.92 Å². The number of nitriles is 1. The van der Waals surface area contributed by atoms with Gasteiger partial charge in [-0.05, 0) is 29.7 Å². The van der Waals surface area contributed by atoms with Crippen molar-refractivity contribution < 1.29 is 9.91 Å². The van der Waals surface area contributed by atoms with Crippen LogP contribution in [-0.2, 0) is 6.42 Å². The fraction of sp³-hybridized carbons (Fsp3) is 0.250. The summed E-state index contributed by atoms with van der Waals surface area (Å²) in [6.45, 7) is 4.18. The van der Waals surface area contributed by atoms with Gasteiger partial charge in [-0.3, -0.25) is 15.8 Å². The van der Waals surface area contributed by atoms with Gasteiger partial charge < -0.3 is 0 Å². The smallest absolute Gasteiger partial charge is 0.286 e. The Morgan fingerprint density at radius 1 is 1.36 bits per heavy atom. The number of rotatable bonds is 4. The van der Waals surface area contributed by atoms with Crippen LogP contribution in [0.1, 0.15) is 25.1 Å². The number of nitrogens with one attached hydrogen (secondary N) is 1. The number of nitro groups is 1. The van der Waals surface area contributed by atoms with Crippen LogP contribution in [0.15, 0.2) is 30.3 Å². The van der Waals surface area contributed by atoms with Crippen molar-refractivity contribution in [3.05, 3.63) is 51.7 Å². The molecule has 0 aliphatic carbocycles. The fourth-order valence-electron chi connectivity index (χ4n) is 2.32. The maximum absolute atomic E-state index is 10.7. The van der Waals surface area contributed by atoms with Gasteiger partial charge in [0.25, 0.3) is 11.5 Å². The summed E-state index contributed by atoms with van der Waals surface area (Å²) >= 11 is 0. The van der Waals surface area contributed by atoms with Crippen molar-refractivity contribution in [2.45, 2.75) is 20.3 Å². The molecule has 0 spiro atoms. The number of benzene rings is 1. The van der Waals surface area contributed by atoms with E-state index in [2.05, 4.69) is 24.9 Å². The number of aromatic amines is 1. The second-order valence-corrected chi connectivity index (χ2v) is 5.51. The largest absolute Gasteiger partial charge is 0.289 e. The molecule has 1 heterocycles. The molecule has 0 aliphatic rings. The van der Waals surface area contributed by atoms with Crippen molar-refractivity contribution in [1.82, 2.24) is 0 Å². The highest BCUT2D eigenvalue weighted by atomic mass is 16.6. The quantitative estimate of drug-likeness (QED) is 0.691. The zero-order valence-corrected chi connectivity index (χ0v) is 12.5. The average molecular weight is 297 g/mol. The van der Waals surface area contributed by atoms with Crippen LogP contribution in [0.25, 0.3) is 11.1 Å². The van der Waals surface area contributed by atoms with Gasteiger partial charge in [-0.2, -0.15) is 5.26 Å². The van der Waals surface area contributed by atoms with Crippen molar-refractivity contribution >= 4 is 11.5 Å². The van der Waals surface area contributed by atoms with E-state index >= 15 is 0 Å². The first-order chi connectivity index (χ1) is 10.4. The molecule has 2 aromatic rings. The first kappa shape index (κ1) is 15.4. The maximum atomic E-state index is 10.7. The lowest BCUT2D eigenvalue weighted by atomic mass is 9.98. The first-order valence-corrected chi connectivity index (χ1v) is 6.92. The van der Waals surface area contributed by atoms with E-state index in [1.165, 1.54) is 12.1 Å². The zero-order chi connectivity index (χ0) is 16.3. The average Bonchev–Trinajstić information content (AvgIpc) is 2.46. The second kappa shape index (κ2) is 6.22. The molecule has 3 N–H and O–H groups in total. The van der Waals surface area contributed by atoms with Crippen LogP contribution in [0.5, 0.6) is 0 Å². The SMILES string of the molecule is CC(C)Cc1cc(-c2ccc([N+](=O)[O-])cc2)c(C#N)c(N)[nH+]1. The monoisotopic (exact) mass is 297 g/mol. The summed E-state index contributed by atoms with van der Waals surface area (Å²) in [4.78, 5) is 13.3. The first-order valence-electron chi connectivity index (χ1n) is 6.92. The number of H-pyrrole nitrogens is 1. The number of nitro benzene ring substituents is 1. The topological polar surface area (TPSA) is 107 Å². The Bertz CT molecular complexity index is 746. The Morgan fingerprint density at radius 3 is 2.50 bits per heavy atom. The lowest BCUT2D eigenvalue weighted by Crippen LogP contribution is -2.20. The maximum Gasteiger partial charge on any atom is 0.289 e. The molecule has 22 heavy (non-hydrogen) atoms. The van der Waals surface area contributed by atoms with Crippen molar-refractivity contribution in [2.75, 3.05) is 5.73 Å². The van der Waals surface area contributed by atoms with Crippen LogP contribution in [0.2, 0.25) is 0 Å². The molecule has 0 bridgehead atoms. The summed E-state index contributed by atoms with van der Waals surface area (Å²) in [5.41, 5.74) is 8.64. The Labute approximate surface area is 128 Å². The zero-order valence-electron chi connectivity index (χ0n) is 12.5. The molecule has 2 rings (SSSR count). The normalized spacial score (nSPS) is 10.5. The number of nitrogens with zero attached hydrogens (tertiary/aromatic N) is 2. The van der Waals surface area contributed by atoms with Crippen LogP contribution in [0, 0.1) is 27.4 Å². The summed E-state index contributed by atoms with van der Waals surface area (Å²) < 4.78 is 0. The van der Waals surface area contributed by atoms with E-state index in [1.807, 2.05) is 6.07 Å². The van der Waals surface area contributed by atoms with E-state index in [-0.39, 0.29) is 5.69 Å². The summed E-state index contributed by atoms with van der Waals surface area (Å²) in [6.07, 6.45) is 0.801. The molecule has 0 unspecified atom stereocenters. The van der Waals surface area contributed by atoms with Crippen LogP contribution < -0.4 is 10.7 Å². The van der Waals surface area contributed by atoms with Crippen LogP contribution in [0.4, 0.5) is 11.5 Å². The molecule has 1 aromatic carbocycles. The third kappa shape index (κ3) is 3.20. The Morgan fingerprint density at radius 2 is 2.00 bits per heavy atom. The summed E-state index contributed by atoms with van der Waals surface area (Å²) in [5, 5.41) is 20.0. The molecule has 112 valence electrons. The van der Waals surface area contributed by atoms with Gasteiger partial charge in [-0.15, -0.1) is 0 Å². The number of non-ortho nitro benzene ring substituents is 1. The molecular formula is C16H17N4O2+. The van der Waals surface area contributed by atoms with Crippen LogP contribution >= 0.6 is 0 Å². The summed E-state index contributed by atoms with van der Waals surface area (Å²) in [5.74, 6) is 0.752. The number of nitrogens with two attached hydrogens (primary N) is 1. The number of hydrogen-bond acceptors (Lipinski definition) is 4. The Kier molecular flexibility index (Phi) is 4.37. The summed E-state index contributed by atoms with van der Waals surface area (Å²) in [6, 6.07) is 10.1. The van der Waals surface area contributed by atoms with Gasteiger partial charge >= 0.3 is 0 Å². The minimum Gasteiger partial charge on any atom is -0.286 e. The molecule has 6 heteroatoms. The van der Waals surface area contributed by atoms with Crippen molar-refractivity contribution in [1.29, 1.82) is 5.26 Å². The third-order valence-electron chi connectivity index (χ3n) is 3.28. The molecular weight excluding hydrogens is 280 g/mol. The van der Waals surface area contributed by atoms with Crippen LogP contribution in [0.3, 0.4) is 0 Å². The summed E-state index contributed by atoms with van der Waals surface area (Å²) in [7, 11) is 0. The molecule has 0 atom stereocenters. The van der Waals surface area contributed by atoms with E-state index in [0.29, 0.717) is 22.9 Å². The number of pyridine rings is 1. The lowest BCUT2D eigenvalue weighted by molar-refractivity contribution is -0.384. The number of aromatic nitrogens is 1. The van der Waals surface area contributed by atoms with E-state index in [9.17, 15) is 15.4 Å². The predicted octanol–water partition coefficient (Wildman–Crippen LogP) is 2.73. The van der Waals surface area contributed by atoms with Gasteiger partial charge in [0.1, 0.15) is 17.3 Å². The highest BCUT2D eigenvalue weighted by Crippen LogP contribution is 2.28. The molecule has 0 radical (unpaired) electrons. The number of nitrogen functional groups attached to an aromatic ring is 1. The molecule has 0 amide bonds. The highest BCUT2D eigenvalue weighted by Gasteiger charge is 2.17. The Hall–Kier alpha value is -2.94. The van der Waals surface area contributed by atoms with Gasteiger partial charge in [-0.1, -0.05) is 13.8 Å². The molecule has 0 saturated heterocycles. The highest BCUT2D eigenvalue weighted by molar-refractivity contribution is 5.74. The predicted molar refractivity (Wildman–Crippen MR) is 82.8 cm³/mol. The second-order valence-electron chi connectivity index (χ2n) is 5.51. The minimum absolute atomic E-state index is 0.0140. The van der Waals surface area contributed by atoms with Crippen molar-refractivity contribution in [2.24, 2.45) is 5.92 Å². The van der Waals surface area contributed by atoms with Gasteiger partial charge in [0.05, 0.1) is 4.92 Å². The third-order valence-corrected chi connectivity index (χ3v) is 3.28. The fourth-order valence-corrected chi connectivity index (χ4v) is 2.32. The van der Waals surface area contributed by atoms with Crippen molar-refractivity contribution in [3.63, 3.8) is 0 Å². The lowest BCUT2D eigenvalue weighted by Gasteiger charge is -2.08. The van der Waals surface area contributed by atoms with Crippen LogP contribution in [-0.4, -0.2) is 4.92 Å². The molecule has 6 nitrogen and oxygen atoms in total. The van der Waals surface area contributed by atoms with Crippen molar-refractivity contribution in [3.8, 4) is 17.2 Å². The van der Waals surface area contributed by atoms with E-state index in [1.54, 1.807) is 12.1 Å². The standard InChI is InChI=1S/C16H16N4O2/c1-10(2)7-12-8-14(15(9-17)16(18)19-12)11-3-5-13(6-4-11)20(21)22/h3-6,8,10H,7H2,1-2H3,(H2,18,19)/p+1. The number of anilines is 1. The Balaban J connectivity index is 2.54. The molecule has 1 aromatic heterocycles. The number of hydrogen-bond donors (Lipinski definition) is 1. The van der Waals surface area contributed by atoms with Gasteiger partial charge in [0, 0.05) is 24.1 Å². The van der Waals surface area contributed by atoms with E-state index in [0.717, 1.165) is 17.7 Å². The van der Waals surface area contributed by atoms with E-state index in [4.69, 9.17) is 5.73 Å². The minimum atomic E-state index is -0.452. The molecule has 0 saturated carbocycles. The van der Waals surface area contributed by atoms with Gasteiger partial charge in [-0.25, -0.2) is 4.98 Å². The van der Waals surface area contributed by atoms with Gasteiger partial charge in [0.2, 0.25) is 0 Å². The molecule has 0 aliphatic heterocycles. The molecule has 0 fully saturated rings. The van der Waals surface area contributed by atoms with Gasteiger partial charge in [0.15, 0.2) is 0 Å².